The van der Waals surface area contributed by atoms with E-state index in [4.69, 9.17) is 0 Å². The van der Waals surface area contributed by atoms with Gasteiger partial charge in [-0.3, -0.25) is 14.2 Å². The topological polar surface area (TPSA) is 102 Å². The Bertz CT molecular complexity index is 1140. The number of nitrogens with one attached hydrogen (secondary N) is 2. The molecule has 0 radical (unpaired) electrons. The van der Waals surface area contributed by atoms with Crippen molar-refractivity contribution in [3.05, 3.63) is 65.0 Å². The van der Waals surface area contributed by atoms with Gasteiger partial charge in [-0.2, -0.15) is 0 Å². The Morgan fingerprint density at radius 2 is 1.84 bits per heavy atom. The van der Waals surface area contributed by atoms with E-state index in [-0.39, 0.29) is 29.2 Å². The number of carbonyl (C=O) groups excluding carboxylic acids is 1. The van der Waals surface area contributed by atoms with Gasteiger partial charge in [-0.05, 0) is 43.9 Å². The molecule has 1 amide bonds. The lowest BCUT2D eigenvalue weighted by Crippen LogP contribution is -2.39. The highest BCUT2D eigenvalue weighted by Gasteiger charge is 2.22. The number of rotatable bonds is 5. The highest BCUT2D eigenvalue weighted by molar-refractivity contribution is 5.73. The molecular formula is C22H23FN6O2. The first-order valence-corrected chi connectivity index (χ1v) is 10.2. The van der Waals surface area contributed by atoms with Crippen LogP contribution in [0.1, 0.15) is 32.6 Å². The second kappa shape index (κ2) is 9.03. The summed E-state index contributed by atoms with van der Waals surface area (Å²) in [6.07, 6.45) is 6.16. The number of nitrogens with zero attached hydrogens (tertiary/aromatic N) is 4. The van der Waals surface area contributed by atoms with E-state index in [2.05, 4.69) is 25.6 Å². The van der Waals surface area contributed by atoms with Gasteiger partial charge in [-0.25, -0.2) is 19.3 Å². The molecule has 3 aromatic rings. The van der Waals surface area contributed by atoms with E-state index in [1.807, 2.05) is 0 Å². The zero-order chi connectivity index (χ0) is 21.8. The van der Waals surface area contributed by atoms with E-state index in [0.717, 1.165) is 31.9 Å². The average Bonchev–Trinajstić information content (AvgIpc) is 2.76. The molecule has 8 nitrogen and oxygen atoms in total. The van der Waals surface area contributed by atoms with E-state index >= 15 is 0 Å². The largest absolute Gasteiger partial charge is 0.354 e. The monoisotopic (exact) mass is 422 g/mol. The van der Waals surface area contributed by atoms with Gasteiger partial charge in [0.1, 0.15) is 11.5 Å². The highest BCUT2D eigenvalue weighted by Crippen LogP contribution is 2.24. The van der Waals surface area contributed by atoms with Crippen LogP contribution in [0.25, 0.3) is 17.2 Å². The van der Waals surface area contributed by atoms with Gasteiger partial charge in [-0.15, -0.1) is 0 Å². The number of hydrogen-bond acceptors (Lipinski definition) is 6. The molecule has 31 heavy (non-hydrogen) atoms. The van der Waals surface area contributed by atoms with Crippen molar-refractivity contribution < 1.29 is 9.18 Å². The Kier molecular flexibility index (Phi) is 6.01. The maximum atomic E-state index is 14.5. The third-order valence-corrected chi connectivity index (χ3v) is 5.26. The molecule has 0 bridgehead atoms. The number of hydrogen-bond donors (Lipinski definition) is 2. The Balaban J connectivity index is 1.53. The van der Waals surface area contributed by atoms with Crippen molar-refractivity contribution in [2.75, 3.05) is 5.32 Å². The average molecular weight is 422 g/mol. The molecule has 0 aliphatic heterocycles. The maximum Gasteiger partial charge on any atom is 0.256 e. The van der Waals surface area contributed by atoms with Crippen LogP contribution in [-0.4, -0.2) is 37.5 Å². The third-order valence-electron chi connectivity index (χ3n) is 5.26. The van der Waals surface area contributed by atoms with E-state index in [9.17, 15) is 14.0 Å². The van der Waals surface area contributed by atoms with Crippen LogP contribution in [0.3, 0.4) is 0 Å². The summed E-state index contributed by atoms with van der Waals surface area (Å²) in [4.78, 5) is 36.1. The number of halogens is 1. The zero-order valence-corrected chi connectivity index (χ0v) is 17.1. The summed E-state index contributed by atoms with van der Waals surface area (Å²) in [7, 11) is 0. The minimum absolute atomic E-state index is 0.0181. The molecule has 0 unspecified atom stereocenters. The fourth-order valence-corrected chi connectivity index (χ4v) is 3.77. The first kappa shape index (κ1) is 20.6. The lowest BCUT2D eigenvalue weighted by Gasteiger charge is -2.29. The number of carbonyl (C=O) groups is 1. The van der Waals surface area contributed by atoms with Crippen molar-refractivity contribution in [1.82, 2.24) is 24.8 Å². The van der Waals surface area contributed by atoms with Crippen LogP contribution in [-0.2, 0) is 4.79 Å². The first-order chi connectivity index (χ1) is 15.0. The molecule has 0 saturated heterocycles. The smallest absolute Gasteiger partial charge is 0.256 e. The van der Waals surface area contributed by atoms with Crippen molar-refractivity contribution in [1.29, 1.82) is 0 Å². The summed E-state index contributed by atoms with van der Waals surface area (Å²) in [6, 6.07) is 10.2. The lowest BCUT2D eigenvalue weighted by molar-refractivity contribution is -0.119. The maximum absolute atomic E-state index is 14.5. The molecule has 1 saturated carbocycles. The van der Waals surface area contributed by atoms with Gasteiger partial charge in [0.05, 0.1) is 11.9 Å². The number of pyridine rings is 2. The second-order valence-corrected chi connectivity index (χ2v) is 7.57. The normalized spacial score (nSPS) is 18.4. The molecule has 1 fully saturated rings. The molecule has 0 atom stereocenters. The van der Waals surface area contributed by atoms with Crippen molar-refractivity contribution in [2.24, 2.45) is 0 Å². The van der Waals surface area contributed by atoms with Gasteiger partial charge < -0.3 is 10.6 Å². The predicted molar refractivity (Wildman–Crippen MR) is 114 cm³/mol. The summed E-state index contributed by atoms with van der Waals surface area (Å²) in [5, 5.41) is 6.21. The molecule has 4 rings (SSSR count). The molecule has 1 aliphatic carbocycles. The van der Waals surface area contributed by atoms with Crippen LogP contribution in [0.4, 0.5) is 10.3 Å². The minimum atomic E-state index is -0.593. The Morgan fingerprint density at radius 3 is 2.58 bits per heavy atom. The standard InChI is InChI=1S/C22H23FN6O2/c1-14(30)25-15-8-10-16(11-9-15)26-22-24-13-17(23)21(28-22)18-5-4-6-19(27-18)29-12-3-2-7-20(29)31/h2-7,12-13,15-16H,8-11H2,1H3,(H,25,30)(H,24,26,28). The van der Waals surface area contributed by atoms with Gasteiger partial charge >= 0.3 is 0 Å². The summed E-state index contributed by atoms with van der Waals surface area (Å²) < 4.78 is 15.9. The molecule has 160 valence electrons. The molecule has 9 heteroatoms. The van der Waals surface area contributed by atoms with Gasteiger partial charge in [0.15, 0.2) is 5.82 Å². The molecule has 0 aromatic carbocycles. The predicted octanol–water partition coefficient (Wildman–Crippen LogP) is 2.69. The van der Waals surface area contributed by atoms with Crippen LogP contribution in [0.2, 0.25) is 0 Å². The quantitative estimate of drug-likeness (QED) is 0.656. The van der Waals surface area contributed by atoms with Crippen LogP contribution in [0.15, 0.2) is 53.6 Å². The molecule has 0 spiro atoms. The van der Waals surface area contributed by atoms with Gasteiger partial charge in [0.25, 0.3) is 5.56 Å². The van der Waals surface area contributed by atoms with Crippen molar-refractivity contribution >= 4 is 11.9 Å². The Hall–Kier alpha value is -3.62. The minimum Gasteiger partial charge on any atom is -0.354 e. The van der Waals surface area contributed by atoms with Crippen molar-refractivity contribution in [3.63, 3.8) is 0 Å². The van der Waals surface area contributed by atoms with E-state index < -0.39 is 5.82 Å². The van der Waals surface area contributed by atoms with Crippen LogP contribution in [0, 0.1) is 5.82 Å². The number of aromatic nitrogens is 4. The second-order valence-electron chi connectivity index (χ2n) is 7.57. The summed E-state index contributed by atoms with van der Waals surface area (Å²) in [6.45, 7) is 1.52. The molecule has 3 aromatic heterocycles. The SMILES string of the molecule is CC(=O)NC1CCC(Nc2ncc(F)c(-c3cccc(-n4ccccc4=O)n3)n2)CC1. The summed E-state index contributed by atoms with van der Waals surface area (Å²) in [5.74, 6) is 0.0933. The van der Waals surface area contributed by atoms with Crippen LogP contribution in [0.5, 0.6) is 0 Å². The van der Waals surface area contributed by atoms with E-state index in [0.29, 0.717) is 17.5 Å². The van der Waals surface area contributed by atoms with E-state index in [1.165, 1.54) is 17.6 Å². The molecule has 1 aliphatic rings. The van der Waals surface area contributed by atoms with Gasteiger partial charge in [0, 0.05) is 31.3 Å². The fourth-order valence-electron chi connectivity index (χ4n) is 3.77. The van der Waals surface area contributed by atoms with Gasteiger partial charge in [-0.1, -0.05) is 12.1 Å². The first-order valence-electron chi connectivity index (χ1n) is 10.2. The Morgan fingerprint density at radius 1 is 1.06 bits per heavy atom. The van der Waals surface area contributed by atoms with Crippen LogP contribution < -0.4 is 16.2 Å². The Labute approximate surface area is 178 Å². The zero-order valence-electron chi connectivity index (χ0n) is 17.1. The van der Waals surface area contributed by atoms with Crippen molar-refractivity contribution in [3.8, 4) is 17.2 Å². The molecule has 2 N–H and O–H groups in total. The van der Waals surface area contributed by atoms with E-state index in [1.54, 1.807) is 36.5 Å². The number of amides is 1. The summed E-state index contributed by atoms with van der Waals surface area (Å²) in [5.41, 5.74) is 0.147. The summed E-state index contributed by atoms with van der Waals surface area (Å²) >= 11 is 0. The number of anilines is 1. The molecular weight excluding hydrogens is 399 g/mol. The fraction of sp³-hybridized carbons (Fsp3) is 0.318. The van der Waals surface area contributed by atoms with Crippen LogP contribution >= 0.6 is 0 Å². The highest BCUT2D eigenvalue weighted by atomic mass is 19.1. The van der Waals surface area contributed by atoms with Crippen molar-refractivity contribution in [2.45, 2.75) is 44.7 Å². The lowest BCUT2D eigenvalue weighted by atomic mass is 9.91. The van der Waals surface area contributed by atoms with Gasteiger partial charge in [0.2, 0.25) is 11.9 Å². The third kappa shape index (κ3) is 4.93. The molecule has 3 heterocycles.